The van der Waals surface area contributed by atoms with Crippen LogP contribution in [0, 0.1) is 24.0 Å². The number of rotatable bonds is 5. The fraction of sp³-hybridized carbons (Fsp3) is 0.105. The fourth-order valence-corrected chi connectivity index (χ4v) is 3.69. The molecule has 0 saturated carbocycles. The van der Waals surface area contributed by atoms with Gasteiger partial charge in [0.25, 0.3) is 0 Å². The van der Waals surface area contributed by atoms with Crippen LogP contribution in [0.2, 0.25) is 0 Å². The van der Waals surface area contributed by atoms with Crippen LogP contribution in [0.3, 0.4) is 0 Å². The van der Waals surface area contributed by atoms with Crippen LogP contribution >= 0.6 is 11.3 Å². The summed E-state index contributed by atoms with van der Waals surface area (Å²) in [5.74, 6) is 0.372. The number of benzene rings is 2. The minimum absolute atomic E-state index is 0.0263. The van der Waals surface area contributed by atoms with Gasteiger partial charge in [0.1, 0.15) is 12.1 Å². The molecule has 0 fully saturated rings. The number of para-hydroxylation sites is 1. The van der Waals surface area contributed by atoms with Crippen molar-refractivity contribution in [2.45, 2.75) is 13.8 Å². The number of nitro groups is 1. The van der Waals surface area contributed by atoms with E-state index in [4.69, 9.17) is 4.74 Å². The van der Waals surface area contributed by atoms with E-state index in [2.05, 4.69) is 20.3 Å². The van der Waals surface area contributed by atoms with Crippen molar-refractivity contribution in [3.63, 3.8) is 0 Å². The first kappa shape index (κ1) is 17.8. The van der Waals surface area contributed by atoms with Gasteiger partial charge in [-0.2, -0.15) is 4.98 Å². The Morgan fingerprint density at radius 1 is 1.11 bits per heavy atom. The zero-order valence-corrected chi connectivity index (χ0v) is 15.9. The quantitative estimate of drug-likeness (QED) is 0.369. The minimum Gasteiger partial charge on any atom is -0.434 e. The molecule has 4 rings (SSSR count). The van der Waals surface area contributed by atoms with Gasteiger partial charge < -0.3 is 10.1 Å². The molecule has 0 unspecified atom stereocenters. The van der Waals surface area contributed by atoms with Crippen LogP contribution < -0.4 is 10.1 Å². The monoisotopic (exact) mass is 393 g/mol. The van der Waals surface area contributed by atoms with Crippen molar-refractivity contribution in [2.75, 3.05) is 5.32 Å². The topological polar surface area (TPSA) is 103 Å². The predicted molar refractivity (Wildman–Crippen MR) is 108 cm³/mol. The number of hydrogen-bond donors (Lipinski definition) is 1. The van der Waals surface area contributed by atoms with Gasteiger partial charge >= 0.3 is 11.6 Å². The third-order valence-corrected chi connectivity index (χ3v) is 4.85. The molecule has 0 radical (unpaired) electrons. The molecule has 0 saturated heterocycles. The van der Waals surface area contributed by atoms with Crippen molar-refractivity contribution in [1.29, 1.82) is 0 Å². The molecule has 9 heteroatoms. The average Bonchev–Trinajstić information content (AvgIpc) is 3.03. The highest BCUT2D eigenvalue weighted by Gasteiger charge is 2.26. The van der Waals surface area contributed by atoms with Gasteiger partial charge in [-0.1, -0.05) is 29.5 Å². The lowest BCUT2D eigenvalue weighted by Gasteiger charge is -2.09. The summed E-state index contributed by atoms with van der Waals surface area (Å²) in [6.45, 7) is 3.85. The molecule has 2 aromatic heterocycles. The van der Waals surface area contributed by atoms with Crippen molar-refractivity contribution in [2.24, 2.45) is 0 Å². The molecule has 2 aromatic carbocycles. The largest absolute Gasteiger partial charge is 0.434 e. The first-order valence-corrected chi connectivity index (χ1v) is 9.19. The normalized spacial score (nSPS) is 10.8. The Balaban J connectivity index is 1.71. The smallest absolute Gasteiger partial charge is 0.373 e. The SMILES string of the molecule is Cc1cc(C)cc(Oc2ncnc(Nc3nc4ccccc4s3)c2[N+](=O)[O-])c1. The summed E-state index contributed by atoms with van der Waals surface area (Å²) < 4.78 is 6.69. The molecule has 0 aliphatic rings. The van der Waals surface area contributed by atoms with Crippen molar-refractivity contribution in [3.8, 4) is 11.6 Å². The van der Waals surface area contributed by atoms with Crippen molar-refractivity contribution in [1.82, 2.24) is 15.0 Å². The van der Waals surface area contributed by atoms with Crippen LogP contribution in [0.1, 0.15) is 11.1 Å². The van der Waals surface area contributed by atoms with E-state index >= 15 is 0 Å². The van der Waals surface area contributed by atoms with E-state index in [-0.39, 0.29) is 17.4 Å². The number of nitrogens with zero attached hydrogens (tertiary/aromatic N) is 4. The first-order chi connectivity index (χ1) is 13.5. The maximum atomic E-state index is 11.7. The van der Waals surface area contributed by atoms with Gasteiger partial charge in [-0.15, -0.1) is 0 Å². The van der Waals surface area contributed by atoms with E-state index < -0.39 is 4.92 Å². The summed E-state index contributed by atoms with van der Waals surface area (Å²) in [6, 6.07) is 13.2. The van der Waals surface area contributed by atoms with Gasteiger partial charge in [0.2, 0.25) is 5.82 Å². The van der Waals surface area contributed by atoms with Gasteiger partial charge in [-0.3, -0.25) is 10.1 Å². The highest BCUT2D eigenvalue weighted by molar-refractivity contribution is 7.22. The van der Waals surface area contributed by atoms with Crippen LogP contribution in [0.5, 0.6) is 11.6 Å². The van der Waals surface area contributed by atoms with E-state index in [0.717, 1.165) is 21.3 Å². The summed E-state index contributed by atoms with van der Waals surface area (Å²) in [7, 11) is 0. The molecule has 8 nitrogen and oxygen atoms in total. The second-order valence-corrected chi connectivity index (χ2v) is 7.20. The van der Waals surface area contributed by atoms with Crippen LogP contribution in [0.4, 0.5) is 16.6 Å². The van der Waals surface area contributed by atoms with E-state index in [1.165, 1.54) is 17.7 Å². The zero-order valence-electron chi connectivity index (χ0n) is 15.0. The molecule has 0 aliphatic heterocycles. The number of ether oxygens (including phenoxy) is 1. The summed E-state index contributed by atoms with van der Waals surface area (Å²) in [4.78, 5) is 23.6. The summed E-state index contributed by atoms with van der Waals surface area (Å²) in [5, 5.41) is 15.1. The second-order valence-electron chi connectivity index (χ2n) is 6.17. The third kappa shape index (κ3) is 3.60. The van der Waals surface area contributed by atoms with E-state index in [1.54, 1.807) is 12.1 Å². The Morgan fingerprint density at radius 3 is 2.57 bits per heavy atom. The molecular formula is C19H15N5O3S. The lowest BCUT2D eigenvalue weighted by atomic mass is 10.1. The fourth-order valence-electron chi connectivity index (χ4n) is 2.82. The number of nitrogens with one attached hydrogen (secondary N) is 1. The molecule has 0 amide bonds. The third-order valence-electron chi connectivity index (χ3n) is 3.90. The summed E-state index contributed by atoms with van der Waals surface area (Å²) >= 11 is 1.38. The molecule has 0 bridgehead atoms. The standard InChI is InChI=1S/C19H15N5O3S/c1-11-7-12(2)9-13(8-11)27-18-16(24(25)26)17(20-10-21-18)23-19-22-14-5-3-4-6-15(14)28-19/h3-10H,1-2H3,(H,20,21,22,23). The summed E-state index contributed by atoms with van der Waals surface area (Å²) in [6.07, 6.45) is 1.22. The molecular weight excluding hydrogens is 378 g/mol. The Kier molecular flexibility index (Phi) is 4.58. The number of hydrogen-bond acceptors (Lipinski definition) is 8. The highest BCUT2D eigenvalue weighted by atomic mass is 32.1. The summed E-state index contributed by atoms with van der Waals surface area (Å²) in [5.41, 5.74) is 2.43. The number of fused-ring (bicyclic) bond motifs is 1. The predicted octanol–water partition coefficient (Wildman–Crippen LogP) is 5.15. The Hall–Kier alpha value is -3.59. The van der Waals surface area contributed by atoms with Crippen LogP contribution in [-0.2, 0) is 0 Å². The maximum Gasteiger partial charge on any atom is 0.373 e. The Labute approximate surface area is 164 Å². The van der Waals surface area contributed by atoms with E-state index in [9.17, 15) is 10.1 Å². The van der Waals surface area contributed by atoms with Crippen LogP contribution in [0.25, 0.3) is 10.2 Å². The van der Waals surface area contributed by atoms with Gasteiger partial charge in [0.15, 0.2) is 5.13 Å². The first-order valence-electron chi connectivity index (χ1n) is 8.38. The number of thiazole rings is 1. The van der Waals surface area contributed by atoms with Crippen molar-refractivity contribution < 1.29 is 9.66 Å². The molecule has 28 heavy (non-hydrogen) atoms. The van der Waals surface area contributed by atoms with Gasteiger partial charge in [-0.05, 0) is 49.2 Å². The Bertz CT molecular complexity index is 1140. The molecule has 4 aromatic rings. The van der Waals surface area contributed by atoms with Gasteiger partial charge in [-0.25, -0.2) is 9.97 Å². The second kappa shape index (κ2) is 7.20. The lowest BCUT2D eigenvalue weighted by molar-refractivity contribution is -0.385. The van der Waals surface area contributed by atoms with Crippen molar-refractivity contribution >= 4 is 38.2 Å². The van der Waals surface area contributed by atoms with E-state index in [0.29, 0.717) is 10.9 Å². The molecule has 140 valence electrons. The lowest BCUT2D eigenvalue weighted by Crippen LogP contribution is -2.03. The average molecular weight is 393 g/mol. The molecule has 2 heterocycles. The zero-order chi connectivity index (χ0) is 19.7. The van der Waals surface area contributed by atoms with Crippen LogP contribution in [0.15, 0.2) is 48.8 Å². The molecule has 0 aliphatic carbocycles. The number of anilines is 2. The number of aromatic nitrogens is 3. The van der Waals surface area contributed by atoms with Gasteiger partial charge in [0, 0.05) is 0 Å². The van der Waals surface area contributed by atoms with Crippen LogP contribution in [-0.4, -0.2) is 19.9 Å². The maximum absolute atomic E-state index is 11.7. The molecule has 0 spiro atoms. The Morgan fingerprint density at radius 2 is 1.86 bits per heavy atom. The minimum atomic E-state index is -0.562. The van der Waals surface area contributed by atoms with Crippen molar-refractivity contribution in [3.05, 3.63) is 70.0 Å². The highest BCUT2D eigenvalue weighted by Crippen LogP contribution is 2.37. The van der Waals surface area contributed by atoms with Gasteiger partial charge in [0.05, 0.1) is 15.1 Å². The molecule has 0 atom stereocenters. The van der Waals surface area contributed by atoms with E-state index in [1.807, 2.05) is 44.2 Å². The molecule has 1 N–H and O–H groups in total. The number of aryl methyl sites for hydroxylation is 2.